The largest absolute Gasteiger partial charge is 0.386 e. The Hall–Kier alpha value is -5.76. The molecule has 3 amide bonds. The van der Waals surface area contributed by atoms with E-state index in [0.29, 0.717) is 46.3 Å². The van der Waals surface area contributed by atoms with Crippen LogP contribution in [0.4, 0.5) is 20.2 Å². The van der Waals surface area contributed by atoms with Crippen LogP contribution in [0.25, 0.3) is 16.4 Å². The van der Waals surface area contributed by atoms with Crippen molar-refractivity contribution in [1.82, 2.24) is 34.5 Å². The average molecular weight is 793 g/mol. The van der Waals surface area contributed by atoms with Gasteiger partial charge in [0, 0.05) is 85.8 Å². The number of piperidine rings is 1. The summed E-state index contributed by atoms with van der Waals surface area (Å²) in [5.74, 6) is -4.11. The van der Waals surface area contributed by atoms with E-state index in [-0.39, 0.29) is 24.4 Å². The molecule has 16 heteroatoms. The van der Waals surface area contributed by atoms with Crippen LogP contribution in [0.15, 0.2) is 54.9 Å². The maximum absolute atomic E-state index is 14.9. The molecule has 3 aliphatic rings. The summed E-state index contributed by atoms with van der Waals surface area (Å²) in [7, 11) is 0. The lowest BCUT2D eigenvalue weighted by Gasteiger charge is -2.42. The number of nitrogens with one attached hydrogen (secondary N) is 3. The predicted octanol–water partition coefficient (Wildman–Crippen LogP) is 5.05. The number of nitrogens with zero attached hydrogens (tertiary/aromatic N) is 7. The summed E-state index contributed by atoms with van der Waals surface area (Å²) < 4.78 is 33.4. The van der Waals surface area contributed by atoms with Gasteiger partial charge in [-0.25, -0.2) is 13.3 Å². The molecule has 2 aliphatic heterocycles. The summed E-state index contributed by atoms with van der Waals surface area (Å²) >= 11 is 0. The van der Waals surface area contributed by atoms with E-state index in [1.54, 1.807) is 32.0 Å². The fourth-order valence-corrected chi connectivity index (χ4v) is 8.69. The normalized spacial score (nSPS) is 20.9. The topological polar surface area (TPSA) is 173 Å². The van der Waals surface area contributed by atoms with Crippen LogP contribution in [-0.2, 0) is 15.2 Å². The minimum atomic E-state index is -1.26. The van der Waals surface area contributed by atoms with E-state index in [1.165, 1.54) is 22.8 Å². The Morgan fingerprint density at radius 2 is 1.72 bits per heavy atom. The second kappa shape index (κ2) is 15.9. The van der Waals surface area contributed by atoms with Crippen molar-refractivity contribution in [2.24, 2.45) is 0 Å². The number of hydrogen-bond donors (Lipinski definition) is 4. The molecule has 5 heterocycles. The molecule has 1 atom stereocenters. The molecular weight excluding hydrogens is 747 g/mol. The molecule has 3 fully saturated rings. The van der Waals surface area contributed by atoms with Gasteiger partial charge in [-0.3, -0.25) is 34.2 Å². The van der Waals surface area contributed by atoms with Gasteiger partial charge in [-0.15, -0.1) is 0 Å². The number of rotatable bonds is 10. The number of hydrogen-bond acceptors (Lipinski definition) is 10. The molecule has 0 spiro atoms. The van der Waals surface area contributed by atoms with Crippen molar-refractivity contribution in [3.05, 3.63) is 88.9 Å². The van der Waals surface area contributed by atoms with Crippen molar-refractivity contribution in [1.29, 1.82) is 5.26 Å². The minimum Gasteiger partial charge on any atom is -0.386 e. The van der Waals surface area contributed by atoms with Crippen molar-refractivity contribution in [3.8, 4) is 6.07 Å². The van der Waals surface area contributed by atoms with Crippen molar-refractivity contribution in [2.75, 3.05) is 49.9 Å². The summed E-state index contributed by atoms with van der Waals surface area (Å²) in [6, 6.07) is 13.9. The number of anilines is 2. The first-order valence-electron chi connectivity index (χ1n) is 19.8. The molecule has 302 valence electrons. The Balaban J connectivity index is 0.835. The van der Waals surface area contributed by atoms with Gasteiger partial charge in [0.25, 0.3) is 5.91 Å². The van der Waals surface area contributed by atoms with Crippen LogP contribution in [-0.4, -0.2) is 97.3 Å². The SMILES string of the molecule is CC(C)(O)c1cc2nn([C@H]3CC[C@H](N4CCN(CCNc5cc(F)c(C6CCC(=O)NC6=O)c(F)c5)CC4)CC3)cc2cc1NC(=O)c1ccc2cc(C#N)cnn12. The number of benzene rings is 2. The molecule has 2 saturated heterocycles. The van der Waals surface area contributed by atoms with Crippen molar-refractivity contribution < 1.29 is 28.3 Å². The zero-order valence-corrected chi connectivity index (χ0v) is 32.5. The monoisotopic (exact) mass is 792 g/mol. The first-order valence-corrected chi connectivity index (χ1v) is 19.8. The zero-order valence-electron chi connectivity index (χ0n) is 32.5. The Kier molecular flexibility index (Phi) is 10.7. The highest BCUT2D eigenvalue weighted by atomic mass is 19.1. The van der Waals surface area contributed by atoms with E-state index in [4.69, 9.17) is 5.10 Å². The summed E-state index contributed by atoms with van der Waals surface area (Å²) in [6.07, 6.45) is 7.59. The van der Waals surface area contributed by atoms with Crippen molar-refractivity contribution in [3.63, 3.8) is 0 Å². The van der Waals surface area contributed by atoms with Crippen LogP contribution in [0.2, 0.25) is 0 Å². The van der Waals surface area contributed by atoms with Gasteiger partial charge in [-0.1, -0.05) is 0 Å². The molecule has 4 N–H and O–H groups in total. The third-order valence-electron chi connectivity index (χ3n) is 11.8. The van der Waals surface area contributed by atoms with Crippen LogP contribution in [0.3, 0.4) is 0 Å². The van der Waals surface area contributed by atoms with E-state index < -0.39 is 40.9 Å². The molecule has 0 bridgehead atoms. The van der Waals surface area contributed by atoms with Crippen LogP contribution in [0.5, 0.6) is 0 Å². The van der Waals surface area contributed by atoms with E-state index in [0.717, 1.165) is 69.3 Å². The minimum absolute atomic E-state index is 0.0476. The number of amides is 3. The highest BCUT2D eigenvalue weighted by molar-refractivity contribution is 6.05. The van der Waals surface area contributed by atoms with Crippen LogP contribution >= 0.6 is 0 Å². The summed E-state index contributed by atoms with van der Waals surface area (Å²) in [5.41, 5.74) is 1.85. The summed E-state index contributed by atoms with van der Waals surface area (Å²) in [5, 5.41) is 38.6. The number of aliphatic hydroxyl groups is 1. The molecule has 1 aliphatic carbocycles. The Bertz CT molecular complexity index is 2410. The molecule has 5 aromatic rings. The van der Waals surface area contributed by atoms with Crippen LogP contribution in [0, 0.1) is 23.0 Å². The third-order valence-corrected chi connectivity index (χ3v) is 11.8. The van der Waals surface area contributed by atoms with Crippen molar-refractivity contribution >= 4 is 45.5 Å². The molecular formula is C42H46F2N10O4. The number of piperazine rings is 1. The highest BCUT2D eigenvalue weighted by Gasteiger charge is 2.33. The fraction of sp³-hybridized carbons (Fsp3) is 0.429. The predicted molar refractivity (Wildman–Crippen MR) is 212 cm³/mol. The standard InChI is InChI=1S/C42H46F2N10O4/c1-42(2,58)32-21-35-26(18-36(32)48-41(57)37-9-7-30-17-25(22-45)23-47-54(30)37)24-53(50-35)29-5-3-28(4-6-29)52-15-13-51(14-16-52)12-11-46-27-19-33(43)39(34(44)20-27)31-8-10-38(55)49-40(31)56/h7,9,17-21,23-24,28-29,31,46,58H,3-6,8,10-16H2,1-2H3,(H,48,57)(H,49,55,56)/t28-,29-,31?. The van der Waals surface area contributed by atoms with Crippen LogP contribution in [0.1, 0.15) is 91.5 Å². The van der Waals surface area contributed by atoms with Gasteiger partial charge in [0.05, 0.1) is 40.4 Å². The quantitative estimate of drug-likeness (QED) is 0.140. The maximum atomic E-state index is 14.9. The molecule has 0 radical (unpaired) electrons. The molecule has 1 saturated carbocycles. The second-order valence-corrected chi connectivity index (χ2v) is 16.1. The van der Waals surface area contributed by atoms with Gasteiger partial charge >= 0.3 is 0 Å². The van der Waals surface area contributed by atoms with Crippen LogP contribution < -0.4 is 16.0 Å². The summed E-state index contributed by atoms with van der Waals surface area (Å²) in [4.78, 5) is 42.0. The molecule has 14 nitrogen and oxygen atoms in total. The third kappa shape index (κ3) is 8.02. The molecule has 8 rings (SSSR count). The van der Waals surface area contributed by atoms with Gasteiger partial charge in [0.2, 0.25) is 11.8 Å². The lowest BCUT2D eigenvalue weighted by atomic mass is 9.89. The molecule has 58 heavy (non-hydrogen) atoms. The lowest BCUT2D eigenvalue weighted by molar-refractivity contribution is -0.134. The van der Waals surface area contributed by atoms with Crippen molar-refractivity contribution in [2.45, 2.75) is 76.0 Å². The number of carbonyl (C=O) groups excluding carboxylic acids is 3. The number of halogens is 2. The van der Waals surface area contributed by atoms with Gasteiger partial charge in [-0.05, 0) is 88.4 Å². The van der Waals surface area contributed by atoms with E-state index >= 15 is 0 Å². The Labute approximate surface area is 333 Å². The smallest absolute Gasteiger partial charge is 0.274 e. The van der Waals surface area contributed by atoms with Gasteiger partial charge in [0.15, 0.2) is 0 Å². The van der Waals surface area contributed by atoms with Gasteiger partial charge in [-0.2, -0.15) is 15.5 Å². The molecule has 3 aromatic heterocycles. The first kappa shape index (κ1) is 39.1. The maximum Gasteiger partial charge on any atom is 0.274 e. The van der Waals surface area contributed by atoms with E-state index in [1.807, 2.05) is 23.0 Å². The van der Waals surface area contributed by atoms with E-state index in [9.17, 15) is 33.5 Å². The average Bonchev–Trinajstić information content (AvgIpc) is 3.82. The lowest BCUT2D eigenvalue weighted by Crippen LogP contribution is -2.51. The number of nitriles is 1. The Morgan fingerprint density at radius 3 is 2.41 bits per heavy atom. The second-order valence-electron chi connectivity index (χ2n) is 16.1. The fourth-order valence-electron chi connectivity index (χ4n) is 8.69. The Morgan fingerprint density at radius 1 is 1.00 bits per heavy atom. The highest BCUT2D eigenvalue weighted by Crippen LogP contribution is 2.36. The number of fused-ring (bicyclic) bond motifs is 2. The van der Waals surface area contributed by atoms with Gasteiger partial charge < -0.3 is 15.7 Å². The number of imide groups is 1. The molecule has 2 aromatic carbocycles. The zero-order chi connectivity index (χ0) is 40.7. The number of aromatic nitrogens is 4. The van der Waals surface area contributed by atoms with E-state index in [2.05, 4.69) is 36.9 Å². The van der Waals surface area contributed by atoms with Gasteiger partial charge in [0.1, 0.15) is 23.4 Å². The summed E-state index contributed by atoms with van der Waals surface area (Å²) in [6.45, 7) is 8.25. The first-order chi connectivity index (χ1) is 27.8. The molecule has 1 unspecified atom stereocenters. The number of carbonyl (C=O) groups is 3.